The molecular weight excluding hydrogens is 466 g/mol. The minimum absolute atomic E-state index is 0.0636. The Hall–Kier alpha value is -3.17. The van der Waals surface area contributed by atoms with E-state index in [0.717, 1.165) is 31.2 Å². The van der Waals surface area contributed by atoms with Gasteiger partial charge in [-0.15, -0.1) is 0 Å². The highest BCUT2D eigenvalue weighted by molar-refractivity contribution is 5.93. The number of fused-ring (bicyclic) bond motifs is 4. The molecule has 0 spiro atoms. The molecule has 194 valence electrons. The first-order valence-electron chi connectivity index (χ1n) is 13.3. The van der Waals surface area contributed by atoms with Crippen molar-refractivity contribution >= 4 is 23.2 Å². The molecule has 4 aliphatic carbocycles. The van der Waals surface area contributed by atoms with E-state index in [1.165, 1.54) is 23.6 Å². The largest absolute Gasteiger partial charge is 0.458 e. The summed E-state index contributed by atoms with van der Waals surface area (Å²) >= 11 is 0. The number of esters is 1. The van der Waals surface area contributed by atoms with Gasteiger partial charge >= 0.3 is 5.97 Å². The Labute approximate surface area is 218 Å². The first-order chi connectivity index (χ1) is 17.7. The van der Waals surface area contributed by atoms with Gasteiger partial charge < -0.3 is 15.6 Å². The minimum atomic E-state index is -1.00. The second kappa shape index (κ2) is 9.61. The summed E-state index contributed by atoms with van der Waals surface area (Å²) in [6, 6.07) is 8.01. The molecule has 0 amide bonds. The quantitative estimate of drug-likeness (QED) is 0.362. The minimum Gasteiger partial charge on any atom is -0.458 e. The van der Waals surface area contributed by atoms with Crippen molar-refractivity contribution in [2.45, 2.75) is 64.7 Å². The molecule has 0 aliphatic heterocycles. The maximum Gasteiger partial charge on any atom is 0.303 e. The van der Waals surface area contributed by atoms with E-state index < -0.39 is 16.8 Å². The van der Waals surface area contributed by atoms with Crippen molar-refractivity contribution in [1.29, 1.82) is 0 Å². The van der Waals surface area contributed by atoms with Gasteiger partial charge in [-0.05, 0) is 90.7 Å². The molecule has 1 aromatic rings. The van der Waals surface area contributed by atoms with Crippen LogP contribution in [0.3, 0.4) is 0 Å². The smallest absolute Gasteiger partial charge is 0.303 e. The lowest BCUT2D eigenvalue weighted by atomic mass is 9.48. The fourth-order valence-corrected chi connectivity index (χ4v) is 7.93. The molecule has 6 heteroatoms. The molecule has 0 saturated heterocycles. The van der Waals surface area contributed by atoms with Crippen molar-refractivity contribution in [3.8, 4) is 11.8 Å². The number of aliphatic hydroxyl groups is 1. The van der Waals surface area contributed by atoms with Gasteiger partial charge in [-0.3, -0.25) is 14.4 Å². The number of carbonyl (C=O) groups is 3. The number of ether oxygens (including phenoxy) is 1. The predicted octanol–water partition coefficient (Wildman–Crippen LogP) is 4.28. The van der Waals surface area contributed by atoms with Gasteiger partial charge in [0.05, 0.1) is 5.41 Å². The van der Waals surface area contributed by atoms with E-state index in [1.807, 2.05) is 18.2 Å². The highest BCUT2D eigenvalue weighted by atomic mass is 16.5. The number of ketones is 2. The second-order valence-corrected chi connectivity index (χ2v) is 11.3. The third-order valence-electron chi connectivity index (χ3n) is 9.53. The second-order valence-electron chi connectivity index (χ2n) is 11.3. The SMILES string of the molecule is CC(=O)OCC(=O)[C@@]1(C#CCO)CC[C@H]2[C@@H]3CCC4=CC(=O)CCC4=C3[C@@H](c3ccc(N)cc3)C[C@@]21C. The number of Topliss-reactive ketones (excluding diaryl/α,β-unsaturated/α-hetero) is 1. The summed E-state index contributed by atoms with van der Waals surface area (Å²) in [5.74, 6) is 6.13. The Morgan fingerprint density at radius 1 is 1.16 bits per heavy atom. The molecule has 3 N–H and O–H groups in total. The lowest BCUT2D eigenvalue weighted by Crippen LogP contribution is -2.51. The number of nitrogens with two attached hydrogens (primary N) is 1. The van der Waals surface area contributed by atoms with Gasteiger partial charge in [0.25, 0.3) is 0 Å². The van der Waals surface area contributed by atoms with Crippen LogP contribution in [0.2, 0.25) is 0 Å². The van der Waals surface area contributed by atoms with Crippen molar-refractivity contribution in [3.63, 3.8) is 0 Å². The predicted molar refractivity (Wildman–Crippen MR) is 140 cm³/mol. The van der Waals surface area contributed by atoms with E-state index in [-0.39, 0.29) is 42.5 Å². The number of aliphatic hydroxyl groups excluding tert-OH is 1. The number of carbonyl (C=O) groups excluding carboxylic acids is 3. The number of allylic oxidation sites excluding steroid dienone is 4. The highest BCUT2D eigenvalue weighted by Crippen LogP contribution is 2.69. The highest BCUT2D eigenvalue weighted by Gasteiger charge is 2.65. The standard InChI is InChI=1S/C31H35NO5/c1-19(34)37-18-28(36)31(13-3-15-33)14-12-27-25-10-6-21-16-23(35)9-11-24(21)29(25)26(17-30(27,31)2)20-4-7-22(32)8-5-20/h4-5,7-8,16,25-27,33H,6,9-12,14-15,17-18,32H2,1-2H3/t25-,26+,27-,30-,31+/m0/s1. The summed E-state index contributed by atoms with van der Waals surface area (Å²) < 4.78 is 5.18. The summed E-state index contributed by atoms with van der Waals surface area (Å²) in [5.41, 5.74) is 10.4. The van der Waals surface area contributed by atoms with Crippen LogP contribution in [0.5, 0.6) is 0 Å². The van der Waals surface area contributed by atoms with Gasteiger partial charge in [-0.25, -0.2) is 0 Å². The van der Waals surface area contributed by atoms with Crippen molar-refractivity contribution < 1.29 is 24.2 Å². The number of nitrogen functional groups attached to an aromatic ring is 1. The van der Waals surface area contributed by atoms with Crippen LogP contribution in [0.25, 0.3) is 0 Å². The van der Waals surface area contributed by atoms with Crippen LogP contribution in [0.15, 0.2) is 47.1 Å². The Morgan fingerprint density at radius 2 is 1.92 bits per heavy atom. The van der Waals surface area contributed by atoms with E-state index in [4.69, 9.17) is 10.5 Å². The van der Waals surface area contributed by atoms with Crippen LogP contribution in [-0.4, -0.2) is 35.9 Å². The molecule has 1 aromatic carbocycles. The molecule has 0 aromatic heterocycles. The van der Waals surface area contributed by atoms with Crippen LogP contribution >= 0.6 is 0 Å². The zero-order valence-electron chi connectivity index (χ0n) is 21.6. The van der Waals surface area contributed by atoms with Crippen molar-refractivity contribution in [1.82, 2.24) is 0 Å². The van der Waals surface area contributed by atoms with Crippen LogP contribution < -0.4 is 5.73 Å². The van der Waals surface area contributed by atoms with Crippen molar-refractivity contribution in [2.75, 3.05) is 18.9 Å². The van der Waals surface area contributed by atoms with E-state index in [2.05, 4.69) is 30.9 Å². The van der Waals surface area contributed by atoms with Gasteiger partial charge in [0, 0.05) is 24.9 Å². The van der Waals surface area contributed by atoms with Crippen LogP contribution in [0.1, 0.15) is 70.3 Å². The normalized spacial score (nSPS) is 32.4. The number of hydrogen-bond donors (Lipinski definition) is 2. The molecule has 0 unspecified atom stereocenters. The molecule has 2 fully saturated rings. The number of hydrogen-bond acceptors (Lipinski definition) is 6. The molecular formula is C31H35NO5. The maximum absolute atomic E-state index is 13.8. The summed E-state index contributed by atoms with van der Waals surface area (Å²) in [5, 5.41) is 9.59. The van der Waals surface area contributed by atoms with Gasteiger partial charge in [0.1, 0.15) is 6.61 Å². The monoisotopic (exact) mass is 501 g/mol. The Morgan fingerprint density at radius 3 is 2.62 bits per heavy atom. The van der Waals surface area contributed by atoms with Gasteiger partial charge in [-0.1, -0.05) is 36.5 Å². The van der Waals surface area contributed by atoms with E-state index in [1.54, 1.807) is 0 Å². The first-order valence-corrected chi connectivity index (χ1v) is 13.3. The maximum atomic E-state index is 13.8. The topological polar surface area (TPSA) is 107 Å². The summed E-state index contributed by atoms with van der Waals surface area (Å²) in [6.07, 6.45) is 7.10. The Kier molecular flexibility index (Phi) is 6.62. The molecule has 5 rings (SSSR count). The van der Waals surface area contributed by atoms with Gasteiger partial charge in [0.2, 0.25) is 0 Å². The molecule has 0 heterocycles. The average Bonchev–Trinajstić information content (AvgIpc) is 3.18. The van der Waals surface area contributed by atoms with Crippen LogP contribution in [-0.2, 0) is 19.1 Å². The fourth-order valence-electron chi connectivity index (χ4n) is 7.93. The molecule has 2 saturated carbocycles. The summed E-state index contributed by atoms with van der Waals surface area (Å²) in [7, 11) is 0. The van der Waals surface area contributed by atoms with Crippen molar-refractivity contribution in [2.24, 2.45) is 22.7 Å². The third kappa shape index (κ3) is 4.14. The molecule has 37 heavy (non-hydrogen) atoms. The van der Waals surface area contributed by atoms with Gasteiger partial charge in [0.15, 0.2) is 18.2 Å². The molecule has 0 radical (unpaired) electrons. The Balaban J connectivity index is 1.67. The van der Waals surface area contributed by atoms with E-state index in [0.29, 0.717) is 24.9 Å². The van der Waals surface area contributed by atoms with Crippen molar-refractivity contribution in [3.05, 3.63) is 52.6 Å². The first kappa shape index (κ1) is 25.5. The van der Waals surface area contributed by atoms with Gasteiger partial charge in [-0.2, -0.15) is 0 Å². The molecule has 6 nitrogen and oxygen atoms in total. The van der Waals surface area contributed by atoms with Crippen LogP contribution in [0.4, 0.5) is 5.69 Å². The van der Waals surface area contributed by atoms with Crippen LogP contribution in [0, 0.1) is 34.5 Å². The fraction of sp³-hybridized carbons (Fsp3) is 0.516. The lowest BCUT2D eigenvalue weighted by molar-refractivity contribution is -0.150. The third-order valence-corrected chi connectivity index (χ3v) is 9.53. The molecule has 0 bridgehead atoms. The summed E-state index contributed by atoms with van der Waals surface area (Å²) in [4.78, 5) is 37.6. The summed E-state index contributed by atoms with van der Waals surface area (Å²) in [6.45, 7) is 2.85. The van der Waals surface area contributed by atoms with E-state index >= 15 is 0 Å². The lowest BCUT2D eigenvalue weighted by Gasteiger charge is -2.54. The number of rotatable bonds is 4. The zero-order chi connectivity index (χ0) is 26.4. The number of anilines is 1. The van der Waals surface area contributed by atoms with E-state index in [9.17, 15) is 19.5 Å². The Bertz CT molecular complexity index is 1260. The average molecular weight is 502 g/mol. The molecule has 5 atom stereocenters. The number of benzene rings is 1. The zero-order valence-corrected chi connectivity index (χ0v) is 21.6. The molecule has 4 aliphatic rings.